The largest absolute Gasteiger partial charge is 0.497 e. The zero-order valence-electron chi connectivity index (χ0n) is 24.1. The average molecular weight is 550 g/mol. The van der Waals surface area contributed by atoms with Crippen LogP contribution in [0.3, 0.4) is 0 Å². The molecule has 1 atom stereocenters. The van der Waals surface area contributed by atoms with Crippen LogP contribution in [0.2, 0.25) is 0 Å². The fourth-order valence-electron chi connectivity index (χ4n) is 5.05. The first-order valence-electron chi connectivity index (χ1n) is 13.6. The second kappa shape index (κ2) is 11.6. The first kappa shape index (κ1) is 28.9. The quantitative estimate of drug-likeness (QED) is 0.489. The Kier molecular flexibility index (Phi) is 8.37. The van der Waals surface area contributed by atoms with Gasteiger partial charge in [-0.3, -0.25) is 14.2 Å². The number of primary amides is 1. The van der Waals surface area contributed by atoms with E-state index in [-0.39, 0.29) is 17.6 Å². The predicted molar refractivity (Wildman–Crippen MR) is 156 cm³/mol. The van der Waals surface area contributed by atoms with Crippen LogP contribution in [-0.2, 0) is 9.53 Å². The van der Waals surface area contributed by atoms with E-state index in [1.807, 2.05) is 65.0 Å². The Balaban J connectivity index is 1.76. The van der Waals surface area contributed by atoms with E-state index < -0.39 is 17.6 Å². The van der Waals surface area contributed by atoms with Crippen molar-refractivity contribution in [2.45, 2.75) is 52.7 Å². The van der Waals surface area contributed by atoms with Gasteiger partial charge in [0.25, 0.3) is 5.56 Å². The highest BCUT2D eigenvalue weighted by atomic mass is 16.6. The van der Waals surface area contributed by atoms with Crippen molar-refractivity contribution in [2.75, 3.05) is 38.2 Å². The number of nitrogens with zero attached hydrogens (tertiary/aromatic N) is 4. The Hall–Kier alpha value is -4.08. The van der Waals surface area contributed by atoms with Crippen molar-refractivity contribution < 1.29 is 19.1 Å². The van der Waals surface area contributed by atoms with Crippen LogP contribution in [-0.4, -0.2) is 65.3 Å². The number of benzene rings is 2. The molecule has 2 N–H and O–H groups in total. The standard InChI is InChI=1S/C30H39N5O5/c1-19(2)25(26(31)36)35-27(20-9-7-10-22(17-20)39-6)32-24-12-11-21(18-23(24)28(35)37)33-13-8-14-34(16-15-33)29(38)40-30(3,4)5/h7,9-12,17-19,25H,8,13-16H2,1-6H3,(H2,31,36). The molecule has 3 aromatic rings. The lowest BCUT2D eigenvalue weighted by Gasteiger charge is -2.27. The molecule has 10 heteroatoms. The van der Waals surface area contributed by atoms with Crippen molar-refractivity contribution in [3.63, 3.8) is 0 Å². The van der Waals surface area contributed by atoms with Crippen molar-refractivity contribution in [1.82, 2.24) is 14.5 Å². The number of carbonyl (C=O) groups excluding carboxylic acids is 2. The molecule has 1 fully saturated rings. The van der Waals surface area contributed by atoms with Gasteiger partial charge in [-0.05, 0) is 63.4 Å². The van der Waals surface area contributed by atoms with E-state index >= 15 is 0 Å². The number of ether oxygens (including phenoxy) is 2. The summed E-state index contributed by atoms with van der Waals surface area (Å²) in [6, 6.07) is 11.9. The molecule has 1 saturated heterocycles. The SMILES string of the molecule is COc1cccc(-c2nc3ccc(N4CCCN(C(=O)OC(C)(C)C)CC4)cc3c(=O)n2C(C(N)=O)C(C)C)c1. The minimum Gasteiger partial charge on any atom is -0.497 e. The fraction of sp³-hybridized carbons (Fsp3) is 0.467. The monoisotopic (exact) mass is 549 g/mol. The summed E-state index contributed by atoms with van der Waals surface area (Å²) in [6.07, 6.45) is 0.433. The molecular weight excluding hydrogens is 510 g/mol. The van der Waals surface area contributed by atoms with Crippen LogP contribution in [0.15, 0.2) is 47.3 Å². The number of anilines is 1. The molecule has 40 heavy (non-hydrogen) atoms. The van der Waals surface area contributed by atoms with Crippen molar-refractivity contribution in [3.8, 4) is 17.1 Å². The molecule has 4 rings (SSSR count). The van der Waals surface area contributed by atoms with Gasteiger partial charge in [-0.2, -0.15) is 0 Å². The summed E-state index contributed by atoms with van der Waals surface area (Å²) < 4.78 is 12.4. The van der Waals surface area contributed by atoms with E-state index in [0.29, 0.717) is 54.2 Å². The van der Waals surface area contributed by atoms with Crippen molar-refractivity contribution in [2.24, 2.45) is 11.7 Å². The fourth-order valence-corrected chi connectivity index (χ4v) is 5.05. The molecule has 214 valence electrons. The van der Waals surface area contributed by atoms with Crippen LogP contribution in [0.5, 0.6) is 5.75 Å². The summed E-state index contributed by atoms with van der Waals surface area (Å²) in [5.41, 5.74) is 6.93. The maximum Gasteiger partial charge on any atom is 0.410 e. The predicted octanol–water partition coefficient (Wildman–Crippen LogP) is 4.20. The maximum absolute atomic E-state index is 14.1. The highest BCUT2D eigenvalue weighted by Crippen LogP contribution is 2.29. The highest BCUT2D eigenvalue weighted by Gasteiger charge is 2.29. The van der Waals surface area contributed by atoms with Gasteiger partial charge < -0.3 is 25.0 Å². The lowest BCUT2D eigenvalue weighted by atomic mass is 10.0. The highest BCUT2D eigenvalue weighted by molar-refractivity contribution is 5.85. The Bertz CT molecular complexity index is 1460. The van der Waals surface area contributed by atoms with Crippen LogP contribution in [0, 0.1) is 5.92 Å². The van der Waals surface area contributed by atoms with Crippen molar-refractivity contribution in [1.29, 1.82) is 0 Å². The van der Waals surface area contributed by atoms with E-state index in [0.717, 1.165) is 12.1 Å². The van der Waals surface area contributed by atoms with E-state index in [1.54, 1.807) is 24.1 Å². The zero-order valence-corrected chi connectivity index (χ0v) is 24.1. The molecule has 0 aliphatic carbocycles. The molecule has 2 amide bonds. The molecule has 2 aromatic carbocycles. The Labute approximate surface area is 234 Å². The number of hydrogen-bond acceptors (Lipinski definition) is 7. The first-order valence-corrected chi connectivity index (χ1v) is 13.6. The summed E-state index contributed by atoms with van der Waals surface area (Å²) >= 11 is 0. The average Bonchev–Trinajstić information content (AvgIpc) is 3.15. The smallest absolute Gasteiger partial charge is 0.410 e. The maximum atomic E-state index is 14.1. The van der Waals surface area contributed by atoms with Crippen LogP contribution >= 0.6 is 0 Å². The number of fused-ring (bicyclic) bond motifs is 1. The van der Waals surface area contributed by atoms with Gasteiger partial charge in [-0.1, -0.05) is 26.0 Å². The van der Waals surface area contributed by atoms with Gasteiger partial charge >= 0.3 is 6.09 Å². The summed E-state index contributed by atoms with van der Waals surface area (Å²) in [6.45, 7) is 11.7. The van der Waals surface area contributed by atoms with Crippen molar-refractivity contribution in [3.05, 3.63) is 52.8 Å². The summed E-state index contributed by atoms with van der Waals surface area (Å²) in [4.78, 5) is 48.1. The third-order valence-electron chi connectivity index (χ3n) is 6.93. The summed E-state index contributed by atoms with van der Waals surface area (Å²) in [5.74, 6) is 0.111. The lowest BCUT2D eigenvalue weighted by molar-refractivity contribution is -0.122. The lowest BCUT2D eigenvalue weighted by Crippen LogP contribution is -2.39. The molecule has 0 bridgehead atoms. The number of nitrogens with two attached hydrogens (primary N) is 1. The first-order chi connectivity index (χ1) is 18.9. The number of carbonyl (C=O) groups is 2. The number of rotatable bonds is 6. The molecule has 1 aliphatic heterocycles. The van der Waals surface area contributed by atoms with E-state index in [2.05, 4.69) is 4.90 Å². The molecule has 2 heterocycles. The van der Waals surface area contributed by atoms with E-state index in [1.165, 1.54) is 4.57 Å². The topological polar surface area (TPSA) is 120 Å². The van der Waals surface area contributed by atoms with Crippen molar-refractivity contribution >= 4 is 28.6 Å². The molecule has 0 radical (unpaired) electrons. The van der Waals surface area contributed by atoms with Crippen LogP contribution in [0.25, 0.3) is 22.3 Å². The molecular formula is C30H39N5O5. The normalized spacial score (nSPS) is 15.2. The summed E-state index contributed by atoms with van der Waals surface area (Å²) in [5, 5.41) is 0.393. The van der Waals surface area contributed by atoms with Crippen LogP contribution in [0.1, 0.15) is 47.1 Å². The number of aromatic nitrogens is 2. The van der Waals surface area contributed by atoms with Gasteiger partial charge in [-0.25, -0.2) is 9.78 Å². The van der Waals surface area contributed by atoms with Gasteiger partial charge in [0.15, 0.2) is 0 Å². The zero-order chi connectivity index (χ0) is 29.2. The van der Waals surface area contributed by atoms with Gasteiger partial charge in [0, 0.05) is 37.4 Å². The number of hydrogen-bond donors (Lipinski definition) is 1. The van der Waals surface area contributed by atoms with Crippen LogP contribution < -0.4 is 20.9 Å². The minimum atomic E-state index is -0.894. The molecule has 10 nitrogen and oxygen atoms in total. The third kappa shape index (κ3) is 6.21. The molecule has 1 unspecified atom stereocenters. The van der Waals surface area contributed by atoms with E-state index in [4.69, 9.17) is 20.2 Å². The third-order valence-corrected chi connectivity index (χ3v) is 6.93. The van der Waals surface area contributed by atoms with Crippen LogP contribution in [0.4, 0.5) is 10.5 Å². The molecule has 0 saturated carbocycles. The van der Waals surface area contributed by atoms with Gasteiger partial charge in [-0.15, -0.1) is 0 Å². The molecule has 0 spiro atoms. The Morgan fingerprint density at radius 3 is 2.42 bits per heavy atom. The molecule has 1 aliphatic rings. The minimum absolute atomic E-state index is 0.244. The van der Waals surface area contributed by atoms with Gasteiger partial charge in [0.2, 0.25) is 5.91 Å². The molecule has 1 aromatic heterocycles. The van der Waals surface area contributed by atoms with Gasteiger partial charge in [0.05, 0.1) is 18.0 Å². The van der Waals surface area contributed by atoms with Gasteiger partial charge in [0.1, 0.15) is 23.2 Å². The Morgan fingerprint density at radius 2 is 1.77 bits per heavy atom. The second-order valence-corrected chi connectivity index (χ2v) is 11.4. The number of amides is 2. The van der Waals surface area contributed by atoms with E-state index in [9.17, 15) is 14.4 Å². The number of methoxy groups -OCH3 is 1. The second-order valence-electron chi connectivity index (χ2n) is 11.4. The summed E-state index contributed by atoms with van der Waals surface area (Å²) in [7, 11) is 1.57. The Morgan fingerprint density at radius 1 is 1.02 bits per heavy atom.